The van der Waals surface area contributed by atoms with Crippen LogP contribution in [0.3, 0.4) is 0 Å². The highest BCUT2D eigenvalue weighted by atomic mass is 19.4. The van der Waals surface area contributed by atoms with Crippen molar-refractivity contribution in [3.8, 4) is 5.75 Å². The van der Waals surface area contributed by atoms with E-state index in [0.29, 0.717) is 17.9 Å². The van der Waals surface area contributed by atoms with Gasteiger partial charge in [0.15, 0.2) is 6.61 Å². The largest absolute Gasteiger partial charge is 0.484 e. The quantitative estimate of drug-likeness (QED) is 0.891. The van der Waals surface area contributed by atoms with E-state index >= 15 is 0 Å². The third-order valence-electron chi connectivity index (χ3n) is 4.09. The number of alkyl halides is 3. The molecule has 0 amide bonds. The second-order valence-corrected chi connectivity index (χ2v) is 5.28. The second-order valence-electron chi connectivity index (χ2n) is 5.28. The Kier molecular flexibility index (Phi) is 4.58. The minimum absolute atomic E-state index is 0.267. The highest BCUT2D eigenvalue weighted by Crippen LogP contribution is 2.44. The third-order valence-corrected chi connectivity index (χ3v) is 4.09. The molecule has 0 aromatic heterocycles. The molecule has 1 aromatic rings. The first kappa shape index (κ1) is 15.2. The summed E-state index contributed by atoms with van der Waals surface area (Å²) in [5, 5.41) is 3.30. The summed E-state index contributed by atoms with van der Waals surface area (Å²) in [6.07, 6.45) is -2.11. The van der Waals surface area contributed by atoms with Gasteiger partial charge in [0, 0.05) is 6.04 Å². The maximum atomic E-state index is 12.1. The van der Waals surface area contributed by atoms with Crippen LogP contribution in [0, 0.1) is 5.92 Å². The fourth-order valence-electron chi connectivity index (χ4n) is 2.97. The van der Waals surface area contributed by atoms with Gasteiger partial charge in [-0.05, 0) is 43.0 Å². The number of nitrogens with one attached hydrogen (secondary N) is 1. The lowest BCUT2D eigenvalue weighted by Gasteiger charge is -2.45. The van der Waals surface area contributed by atoms with E-state index in [1.807, 2.05) is 19.2 Å². The lowest BCUT2D eigenvalue weighted by molar-refractivity contribution is -0.153. The molecule has 3 atom stereocenters. The van der Waals surface area contributed by atoms with E-state index in [-0.39, 0.29) is 5.75 Å². The Balaban J connectivity index is 1.95. The van der Waals surface area contributed by atoms with E-state index in [9.17, 15) is 13.2 Å². The first-order valence-electron chi connectivity index (χ1n) is 6.91. The lowest BCUT2D eigenvalue weighted by atomic mass is 9.65. The summed E-state index contributed by atoms with van der Waals surface area (Å²) < 4.78 is 40.9. The van der Waals surface area contributed by atoms with Crippen LogP contribution in [0.5, 0.6) is 5.75 Å². The molecule has 0 saturated heterocycles. The highest BCUT2D eigenvalue weighted by molar-refractivity contribution is 5.32. The second kappa shape index (κ2) is 6.04. The summed E-state index contributed by atoms with van der Waals surface area (Å²) in [4.78, 5) is 0. The smallest absolute Gasteiger partial charge is 0.422 e. The average molecular weight is 287 g/mol. The van der Waals surface area contributed by atoms with Crippen molar-refractivity contribution in [3.05, 3.63) is 29.8 Å². The molecule has 1 aliphatic carbocycles. The maximum Gasteiger partial charge on any atom is 0.422 e. The molecule has 0 aliphatic heterocycles. The van der Waals surface area contributed by atoms with Crippen molar-refractivity contribution in [1.82, 2.24) is 5.32 Å². The Bertz CT molecular complexity index is 430. The minimum atomic E-state index is -4.29. The van der Waals surface area contributed by atoms with Gasteiger partial charge in [-0.15, -0.1) is 0 Å². The number of benzene rings is 1. The van der Waals surface area contributed by atoms with Gasteiger partial charge in [-0.25, -0.2) is 0 Å². The van der Waals surface area contributed by atoms with Gasteiger partial charge in [0.25, 0.3) is 0 Å². The molecule has 1 fully saturated rings. The van der Waals surface area contributed by atoms with E-state index in [2.05, 4.69) is 12.2 Å². The molecule has 1 saturated carbocycles. The zero-order valence-electron chi connectivity index (χ0n) is 11.7. The third kappa shape index (κ3) is 3.45. The van der Waals surface area contributed by atoms with Gasteiger partial charge in [0.2, 0.25) is 0 Å². The summed E-state index contributed by atoms with van der Waals surface area (Å²) >= 11 is 0. The zero-order chi connectivity index (χ0) is 14.8. The van der Waals surface area contributed by atoms with Gasteiger partial charge >= 0.3 is 6.18 Å². The topological polar surface area (TPSA) is 21.3 Å². The molecule has 1 aromatic carbocycles. The Morgan fingerprint density at radius 3 is 2.40 bits per heavy atom. The fraction of sp³-hybridized carbons (Fsp3) is 0.600. The van der Waals surface area contributed by atoms with E-state index in [4.69, 9.17) is 4.74 Å². The van der Waals surface area contributed by atoms with Gasteiger partial charge in [-0.2, -0.15) is 13.2 Å². The van der Waals surface area contributed by atoms with Crippen LogP contribution in [0.25, 0.3) is 0 Å². The van der Waals surface area contributed by atoms with E-state index in [1.165, 1.54) is 5.56 Å². The van der Waals surface area contributed by atoms with Gasteiger partial charge in [0.05, 0.1) is 0 Å². The van der Waals surface area contributed by atoms with Crippen molar-refractivity contribution >= 4 is 0 Å². The number of ether oxygens (including phenoxy) is 1. The van der Waals surface area contributed by atoms with Crippen LogP contribution in [-0.4, -0.2) is 25.9 Å². The van der Waals surface area contributed by atoms with Crippen LogP contribution in [-0.2, 0) is 0 Å². The number of hydrogen-bond donors (Lipinski definition) is 1. The van der Waals surface area contributed by atoms with Gasteiger partial charge in [-0.1, -0.05) is 25.5 Å². The molecular weight excluding hydrogens is 267 g/mol. The SMILES string of the molecule is CCC1C(NC)CC1c1ccc(OCC(F)(F)F)cc1. The van der Waals surface area contributed by atoms with Crippen LogP contribution in [0.15, 0.2) is 24.3 Å². The number of hydrogen-bond acceptors (Lipinski definition) is 2. The van der Waals surface area contributed by atoms with Crippen LogP contribution in [0.4, 0.5) is 13.2 Å². The van der Waals surface area contributed by atoms with Gasteiger partial charge < -0.3 is 10.1 Å². The Hall–Kier alpha value is -1.23. The molecule has 0 radical (unpaired) electrons. The van der Waals surface area contributed by atoms with Crippen molar-refractivity contribution < 1.29 is 17.9 Å². The van der Waals surface area contributed by atoms with Crippen molar-refractivity contribution in [3.63, 3.8) is 0 Å². The normalized spacial score (nSPS) is 26.1. The van der Waals surface area contributed by atoms with Crippen LogP contribution >= 0.6 is 0 Å². The fourth-order valence-corrected chi connectivity index (χ4v) is 2.97. The number of halogens is 3. The molecule has 20 heavy (non-hydrogen) atoms. The molecule has 2 nitrogen and oxygen atoms in total. The zero-order valence-corrected chi connectivity index (χ0v) is 11.7. The lowest BCUT2D eigenvalue weighted by Crippen LogP contribution is -2.47. The highest BCUT2D eigenvalue weighted by Gasteiger charge is 2.39. The molecular formula is C15H20F3NO. The predicted octanol–water partition coefficient (Wildman–Crippen LogP) is 3.73. The molecule has 3 unspecified atom stereocenters. The maximum absolute atomic E-state index is 12.1. The molecule has 112 valence electrons. The molecule has 0 heterocycles. The van der Waals surface area contributed by atoms with Crippen LogP contribution in [0.2, 0.25) is 0 Å². The van der Waals surface area contributed by atoms with E-state index in [1.54, 1.807) is 12.1 Å². The first-order valence-corrected chi connectivity index (χ1v) is 6.91. The average Bonchev–Trinajstić information content (AvgIpc) is 2.37. The summed E-state index contributed by atoms with van der Waals surface area (Å²) in [6.45, 7) is 0.928. The van der Waals surface area contributed by atoms with Gasteiger partial charge in [0.1, 0.15) is 5.75 Å². The Morgan fingerprint density at radius 1 is 1.25 bits per heavy atom. The van der Waals surface area contributed by atoms with E-state index < -0.39 is 12.8 Å². The summed E-state index contributed by atoms with van der Waals surface area (Å²) in [6, 6.07) is 7.56. The van der Waals surface area contributed by atoms with Crippen molar-refractivity contribution in [2.75, 3.05) is 13.7 Å². The molecule has 1 N–H and O–H groups in total. The molecule has 5 heteroatoms. The first-order chi connectivity index (χ1) is 9.44. The summed E-state index contributed by atoms with van der Waals surface area (Å²) in [7, 11) is 1.97. The van der Waals surface area contributed by atoms with Crippen molar-refractivity contribution in [2.45, 2.75) is 37.9 Å². The standard InChI is InChI=1S/C15H20F3NO/c1-3-12-13(8-14(12)19-2)10-4-6-11(7-5-10)20-9-15(16,17)18/h4-7,12-14,19H,3,8-9H2,1-2H3. The predicted molar refractivity (Wildman–Crippen MR) is 72.0 cm³/mol. The van der Waals surface area contributed by atoms with Crippen LogP contribution in [0.1, 0.15) is 31.2 Å². The van der Waals surface area contributed by atoms with E-state index in [0.717, 1.165) is 12.8 Å². The monoisotopic (exact) mass is 287 g/mol. The molecule has 1 aliphatic rings. The summed E-state index contributed by atoms with van der Waals surface area (Å²) in [5.74, 6) is 1.36. The molecule has 0 spiro atoms. The Labute approximate surface area is 117 Å². The minimum Gasteiger partial charge on any atom is -0.484 e. The Morgan fingerprint density at radius 2 is 1.90 bits per heavy atom. The molecule has 2 rings (SSSR count). The summed E-state index contributed by atoms with van der Waals surface area (Å²) in [5.41, 5.74) is 1.18. The van der Waals surface area contributed by atoms with Gasteiger partial charge in [-0.3, -0.25) is 0 Å². The van der Waals surface area contributed by atoms with Crippen LogP contribution < -0.4 is 10.1 Å². The number of rotatable bonds is 5. The van der Waals surface area contributed by atoms with Crippen molar-refractivity contribution in [1.29, 1.82) is 0 Å². The van der Waals surface area contributed by atoms with Crippen molar-refractivity contribution in [2.24, 2.45) is 5.92 Å². The molecule has 0 bridgehead atoms.